The lowest BCUT2D eigenvalue weighted by atomic mass is 10.1. The van der Waals surface area contributed by atoms with Crippen molar-refractivity contribution >= 4 is 29.2 Å². The summed E-state index contributed by atoms with van der Waals surface area (Å²) < 4.78 is 18.7. The van der Waals surface area contributed by atoms with Gasteiger partial charge >= 0.3 is 5.97 Å². The largest absolute Gasteiger partial charge is 0.453 e. The van der Waals surface area contributed by atoms with Crippen LogP contribution >= 0.6 is 11.6 Å². The van der Waals surface area contributed by atoms with E-state index in [0.717, 1.165) is 18.9 Å². The summed E-state index contributed by atoms with van der Waals surface area (Å²) in [5, 5.41) is 2.61. The number of anilines is 1. The Labute approximate surface area is 133 Å². The van der Waals surface area contributed by atoms with E-state index in [1.54, 1.807) is 0 Å². The Bertz CT molecular complexity index is 603. The molecule has 0 spiro atoms. The number of halogens is 2. The Kier molecular flexibility index (Phi) is 5.55. The van der Waals surface area contributed by atoms with Crippen LogP contribution in [0.5, 0.6) is 0 Å². The van der Waals surface area contributed by atoms with Crippen molar-refractivity contribution in [3.63, 3.8) is 0 Å². The zero-order valence-electron chi connectivity index (χ0n) is 12.1. The van der Waals surface area contributed by atoms with E-state index in [1.807, 2.05) is 12.2 Å². The van der Waals surface area contributed by atoms with Crippen LogP contribution in [0.15, 0.2) is 30.4 Å². The molecule has 1 amide bonds. The molecule has 0 radical (unpaired) electrons. The molecule has 0 unspecified atom stereocenters. The summed E-state index contributed by atoms with van der Waals surface area (Å²) in [6.45, 7) is 1.45. The maximum atomic E-state index is 13.6. The van der Waals surface area contributed by atoms with Crippen molar-refractivity contribution in [3.05, 3.63) is 41.2 Å². The second-order valence-electron chi connectivity index (χ2n) is 5.22. The molecular weight excluding hydrogens is 309 g/mol. The fraction of sp³-hybridized carbons (Fsp3) is 0.375. The molecule has 0 saturated heterocycles. The second-order valence-corrected chi connectivity index (χ2v) is 5.65. The molecule has 6 heteroatoms. The van der Waals surface area contributed by atoms with E-state index < -0.39 is 23.8 Å². The summed E-state index contributed by atoms with van der Waals surface area (Å²) in [7, 11) is 0. The molecular formula is C16H17ClFNO3. The summed E-state index contributed by atoms with van der Waals surface area (Å²) in [4.78, 5) is 23.7. The van der Waals surface area contributed by atoms with Gasteiger partial charge in [-0.1, -0.05) is 23.8 Å². The smallest absolute Gasteiger partial charge is 0.307 e. The number of esters is 1. The highest BCUT2D eigenvalue weighted by Crippen LogP contribution is 2.21. The van der Waals surface area contributed by atoms with Gasteiger partial charge in [-0.25, -0.2) is 4.39 Å². The fourth-order valence-corrected chi connectivity index (χ4v) is 2.36. The molecule has 1 aromatic carbocycles. The number of ether oxygens (including phenoxy) is 1. The first-order valence-electron chi connectivity index (χ1n) is 7.08. The van der Waals surface area contributed by atoms with E-state index in [9.17, 15) is 14.0 Å². The van der Waals surface area contributed by atoms with Gasteiger partial charge in [0.25, 0.3) is 5.91 Å². The number of carbonyl (C=O) groups excluding carboxylic acids is 2. The summed E-state index contributed by atoms with van der Waals surface area (Å²) in [5.41, 5.74) is -0.00368. The van der Waals surface area contributed by atoms with E-state index >= 15 is 0 Å². The van der Waals surface area contributed by atoms with Gasteiger partial charge in [0.1, 0.15) is 5.82 Å². The number of benzene rings is 1. The Balaban J connectivity index is 1.85. The van der Waals surface area contributed by atoms with Crippen molar-refractivity contribution in [1.82, 2.24) is 0 Å². The monoisotopic (exact) mass is 325 g/mol. The maximum absolute atomic E-state index is 13.6. The lowest BCUT2D eigenvalue weighted by molar-refractivity contribution is -0.153. The van der Waals surface area contributed by atoms with E-state index in [1.165, 1.54) is 19.1 Å². The van der Waals surface area contributed by atoms with Gasteiger partial charge in [0, 0.05) is 5.02 Å². The maximum Gasteiger partial charge on any atom is 0.307 e. The van der Waals surface area contributed by atoms with Crippen LogP contribution in [0.25, 0.3) is 0 Å². The topological polar surface area (TPSA) is 55.4 Å². The number of allylic oxidation sites excluding steroid dienone is 2. The molecule has 1 aliphatic rings. The minimum Gasteiger partial charge on any atom is -0.453 e. The number of hydrogen-bond acceptors (Lipinski definition) is 3. The summed E-state index contributed by atoms with van der Waals surface area (Å²) in [6.07, 6.45) is 5.15. The lowest BCUT2D eigenvalue weighted by Crippen LogP contribution is -2.30. The first-order valence-corrected chi connectivity index (χ1v) is 7.45. The zero-order valence-corrected chi connectivity index (χ0v) is 12.9. The first-order chi connectivity index (χ1) is 10.5. The Morgan fingerprint density at radius 1 is 1.50 bits per heavy atom. The van der Waals surface area contributed by atoms with Crippen molar-refractivity contribution in [2.75, 3.05) is 5.32 Å². The van der Waals surface area contributed by atoms with E-state index in [2.05, 4.69) is 5.32 Å². The lowest BCUT2D eigenvalue weighted by Gasteiger charge is -2.15. The van der Waals surface area contributed by atoms with Crippen LogP contribution in [-0.2, 0) is 14.3 Å². The Hall–Kier alpha value is -1.88. The quantitative estimate of drug-likeness (QED) is 0.663. The molecule has 1 aromatic rings. The molecule has 0 bridgehead atoms. The van der Waals surface area contributed by atoms with Crippen LogP contribution in [-0.4, -0.2) is 18.0 Å². The Morgan fingerprint density at radius 2 is 2.27 bits per heavy atom. The first kappa shape index (κ1) is 16.5. The van der Waals surface area contributed by atoms with Gasteiger partial charge in [0.2, 0.25) is 0 Å². The molecule has 118 valence electrons. The van der Waals surface area contributed by atoms with Gasteiger partial charge < -0.3 is 10.1 Å². The molecule has 4 nitrogen and oxygen atoms in total. The molecule has 1 N–H and O–H groups in total. The summed E-state index contributed by atoms with van der Waals surface area (Å²) in [6, 6.07) is 3.91. The average Bonchev–Trinajstić information content (AvgIpc) is 2.94. The SMILES string of the molecule is C[C@H](OC(=O)C[C@H]1C=CCC1)C(=O)Nc1ccc(Cl)cc1F. The normalized spacial score (nSPS) is 18.0. The van der Waals surface area contributed by atoms with Gasteiger partial charge in [0.15, 0.2) is 6.10 Å². The molecule has 0 heterocycles. The fourth-order valence-electron chi connectivity index (χ4n) is 2.20. The summed E-state index contributed by atoms with van der Waals surface area (Å²) >= 11 is 5.64. The van der Waals surface area contributed by atoms with Crippen molar-refractivity contribution in [2.24, 2.45) is 5.92 Å². The Morgan fingerprint density at radius 3 is 2.91 bits per heavy atom. The highest BCUT2D eigenvalue weighted by atomic mass is 35.5. The van der Waals surface area contributed by atoms with E-state index in [4.69, 9.17) is 16.3 Å². The van der Waals surface area contributed by atoms with Crippen LogP contribution in [0.2, 0.25) is 5.02 Å². The van der Waals surface area contributed by atoms with Crippen LogP contribution in [0.4, 0.5) is 10.1 Å². The number of rotatable bonds is 5. The van der Waals surface area contributed by atoms with Gasteiger partial charge in [-0.15, -0.1) is 0 Å². The molecule has 2 rings (SSSR count). The standard InChI is InChI=1S/C16H17ClFNO3/c1-10(22-15(20)8-11-4-2-3-5-11)16(21)19-14-7-6-12(17)9-13(14)18/h2,4,6-7,9-11H,3,5,8H2,1H3,(H,19,21)/t10-,11-/m0/s1. The van der Waals surface area contributed by atoms with Crippen LogP contribution in [0.1, 0.15) is 26.2 Å². The number of nitrogens with one attached hydrogen (secondary N) is 1. The van der Waals surface area contributed by atoms with Crippen molar-refractivity contribution < 1.29 is 18.7 Å². The van der Waals surface area contributed by atoms with Crippen molar-refractivity contribution in [1.29, 1.82) is 0 Å². The molecule has 2 atom stereocenters. The minimum atomic E-state index is -0.993. The number of hydrogen-bond donors (Lipinski definition) is 1. The van der Waals surface area contributed by atoms with Gasteiger partial charge in [-0.2, -0.15) is 0 Å². The van der Waals surface area contributed by atoms with Crippen LogP contribution in [0.3, 0.4) is 0 Å². The minimum absolute atomic E-state index is 0.00368. The number of amides is 1. The van der Waals surface area contributed by atoms with Gasteiger partial charge in [-0.05, 0) is 43.9 Å². The molecule has 0 fully saturated rings. The van der Waals surface area contributed by atoms with Crippen LogP contribution < -0.4 is 5.32 Å². The summed E-state index contributed by atoms with van der Waals surface area (Å²) in [5.74, 6) is -1.49. The van der Waals surface area contributed by atoms with Gasteiger partial charge in [-0.3, -0.25) is 9.59 Å². The molecule has 0 aromatic heterocycles. The zero-order chi connectivity index (χ0) is 16.1. The van der Waals surface area contributed by atoms with Crippen molar-refractivity contribution in [2.45, 2.75) is 32.3 Å². The molecule has 1 aliphatic carbocycles. The third-order valence-corrected chi connectivity index (χ3v) is 3.64. The van der Waals surface area contributed by atoms with Crippen LogP contribution in [0, 0.1) is 11.7 Å². The molecule has 22 heavy (non-hydrogen) atoms. The van der Waals surface area contributed by atoms with E-state index in [0.29, 0.717) is 0 Å². The highest BCUT2D eigenvalue weighted by Gasteiger charge is 2.21. The molecule has 0 saturated carbocycles. The number of carbonyl (C=O) groups is 2. The van der Waals surface area contributed by atoms with Crippen molar-refractivity contribution in [3.8, 4) is 0 Å². The average molecular weight is 326 g/mol. The molecule has 0 aliphatic heterocycles. The highest BCUT2D eigenvalue weighted by molar-refractivity contribution is 6.30. The second kappa shape index (κ2) is 7.40. The third kappa shape index (κ3) is 4.56. The predicted octanol–water partition coefficient (Wildman–Crippen LogP) is 3.71. The van der Waals surface area contributed by atoms with Gasteiger partial charge in [0.05, 0.1) is 12.1 Å². The van der Waals surface area contributed by atoms with E-state index in [-0.39, 0.29) is 23.0 Å². The predicted molar refractivity (Wildman–Crippen MR) is 82.1 cm³/mol. The third-order valence-electron chi connectivity index (χ3n) is 3.41.